The van der Waals surface area contributed by atoms with Crippen LogP contribution in [0.15, 0.2) is 22.8 Å². The highest BCUT2D eigenvalue weighted by molar-refractivity contribution is 9.10. The van der Waals surface area contributed by atoms with Crippen LogP contribution in [0.2, 0.25) is 0 Å². The molecule has 1 saturated heterocycles. The fourth-order valence-corrected chi connectivity index (χ4v) is 1.10. The van der Waals surface area contributed by atoms with Gasteiger partial charge in [-0.3, -0.25) is 0 Å². The van der Waals surface area contributed by atoms with Crippen molar-refractivity contribution in [2.75, 3.05) is 24.9 Å². The average Bonchev–Trinajstić information content (AvgIpc) is 2.28. The minimum atomic E-state index is -3.10. The van der Waals surface area contributed by atoms with E-state index in [1.165, 1.54) is 18.3 Å². The summed E-state index contributed by atoms with van der Waals surface area (Å²) in [6.07, 6.45) is -1.56. The van der Waals surface area contributed by atoms with E-state index in [4.69, 9.17) is 11.0 Å². The standard InChI is InChI=1S/C9H11BrN2O/c1-13-8-5-12(6-8)9-3-2-7(10)4-11-9/h2-4,8H,5-6H2,1H3/i1D3,5D2,6D2,8D. The Morgan fingerprint density at radius 2 is 2.69 bits per heavy atom. The highest BCUT2D eigenvalue weighted by Gasteiger charge is 2.26. The minimum Gasteiger partial charge on any atom is -0.378 e. The summed E-state index contributed by atoms with van der Waals surface area (Å²) >= 11 is 3.15. The van der Waals surface area contributed by atoms with Crippen LogP contribution in [-0.4, -0.2) is 31.1 Å². The Morgan fingerprint density at radius 1 is 1.85 bits per heavy atom. The summed E-state index contributed by atoms with van der Waals surface area (Å²) in [5.74, 6) is -0.0646. The van der Waals surface area contributed by atoms with Crippen molar-refractivity contribution in [3.05, 3.63) is 22.8 Å². The zero-order chi connectivity index (χ0) is 16.3. The summed E-state index contributed by atoms with van der Waals surface area (Å²) in [7, 11) is -3.10. The normalized spacial score (nSPS) is 37.5. The number of aromatic nitrogens is 1. The van der Waals surface area contributed by atoms with E-state index in [2.05, 4.69) is 25.7 Å². The third-order valence-corrected chi connectivity index (χ3v) is 1.94. The summed E-state index contributed by atoms with van der Waals surface area (Å²) in [6, 6.07) is 2.89. The third-order valence-electron chi connectivity index (χ3n) is 1.47. The monoisotopic (exact) mass is 250 g/mol. The van der Waals surface area contributed by atoms with Crippen molar-refractivity contribution in [2.24, 2.45) is 0 Å². The second-order valence-electron chi connectivity index (χ2n) is 2.32. The molecule has 13 heavy (non-hydrogen) atoms. The number of hydrogen-bond donors (Lipinski definition) is 0. The molecule has 2 heterocycles. The summed E-state index contributed by atoms with van der Waals surface area (Å²) in [5, 5.41) is 0. The number of ether oxygens (including phenoxy) is 1. The second kappa shape index (κ2) is 3.64. The highest BCUT2D eigenvalue weighted by atomic mass is 79.9. The molecule has 1 fully saturated rings. The van der Waals surface area contributed by atoms with E-state index in [-0.39, 0.29) is 5.82 Å². The van der Waals surface area contributed by atoms with Crippen molar-refractivity contribution in [1.29, 1.82) is 0 Å². The maximum Gasteiger partial charge on any atom is 0.128 e. The van der Waals surface area contributed by atoms with Crippen LogP contribution in [-0.2, 0) is 4.74 Å². The van der Waals surface area contributed by atoms with Gasteiger partial charge in [0.05, 0.1) is 17.0 Å². The molecule has 2 rings (SSSR count). The molecule has 0 unspecified atom stereocenters. The first-order valence-corrected chi connectivity index (χ1v) is 4.24. The van der Waals surface area contributed by atoms with E-state index in [1.807, 2.05) is 0 Å². The van der Waals surface area contributed by atoms with E-state index in [1.54, 1.807) is 0 Å². The fraction of sp³-hybridized carbons (Fsp3) is 0.444. The van der Waals surface area contributed by atoms with Gasteiger partial charge in [-0.15, -0.1) is 0 Å². The zero-order valence-electron chi connectivity index (χ0n) is 14.4. The molecule has 0 amide bonds. The summed E-state index contributed by atoms with van der Waals surface area (Å²) in [5.41, 5.74) is 0. The molecule has 4 heteroatoms. The minimum absolute atomic E-state index is 0.0646. The predicted molar refractivity (Wildman–Crippen MR) is 54.9 cm³/mol. The third kappa shape index (κ3) is 1.84. The second-order valence-corrected chi connectivity index (χ2v) is 3.24. The average molecular weight is 251 g/mol. The van der Waals surface area contributed by atoms with Crippen molar-refractivity contribution >= 4 is 21.7 Å². The molecule has 1 aliphatic heterocycles. The maximum atomic E-state index is 7.84. The van der Waals surface area contributed by atoms with Crippen LogP contribution < -0.4 is 4.90 Å². The van der Waals surface area contributed by atoms with Gasteiger partial charge in [-0.25, -0.2) is 4.98 Å². The zero-order valence-corrected chi connectivity index (χ0v) is 8.00. The smallest absolute Gasteiger partial charge is 0.128 e. The van der Waals surface area contributed by atoms with Crippen LogP contribution in [0.4, 0.5) is 5.82 Å². The van der Waals surface area contributed by atoms with Crippen molar-refractivity contribution in [2.45, 2.75) is 6.08 Å². The number of methoxy groups -OCH3 is 1. The molecule has 1 aromatic rings. The van der Waals surface area contributed by atoms with Gasteiger partial charge >= 0.3 is 0 Å². The molecule has 0 aliphatic carbocycles. The molecule has 70 valence electrons. The van der Waals surface area contributed by atoms with Crippen LogP contribution >= 0.6 is 15.9 Å². The van der Waals surface area contributed by atoms with Gasteiger partial charge in [0.2, 0.25) is 0 Å². The molecule has 0 bridgehead atoms. The molecule has 0 N–H and O–H groups in total. The number of rotatable bonds is 2. The van der Waals surface area contributed by atoms with E-state index < -0.39 is 26.1 Å². The van der Waals surface area contributed by atoms with Crippen LogP contribution in [0.5, 0.6) is 0 Å². The van der Waals surface area contributed by atoms with E-state index in [9.17, 15) is 0 Å². The van der Waals surface area contributed by atoms with E-state index >= 15 is 0 Å². The lowest BCUT2D eigenvalue weighted by molar-refractivity contribution is 0.0783. The van der Waals surface area contributed by atoms with Gasteiger partial charge in [0.1, 0.15) is 5.82 Å². The lowest BCUT2D eigenvalue weighted by Gasteiger charge is -2.38. The molecule has 0 atom stereocenters. The maximum absolute atomic E-state index is 7.84. The van der Waals surface area contributed by atoms with Gasteiger partial charge in [0.25, 0.3) is 0 Å². The van der Waals surface area contributed by atoms with Crippen LogP contribution in [0.25, 0.3) is 0 Å². The van der Waals surface area contributed by atoms with Gasteiger partial charge in [0.15, 0.2) is 0 Å². The molecule has 0 radical (unpaired) electrons. The predicted octanol–water partition coefficient (Wildman–Crippen LogP) is 1.68. The topological polar surface area (TPSA) is 25.4 Å². The number of anilines is 1. The van der Waals surface area contributed by atoms with E-state index in [0.717, 1.165) is 0 Å². The van der Waals surface area contributed by atoms with Gasteiger partial charge in [-0.2, -0.15) is 0 Å². The first-order chi connectivity index (χ1) is 9.33. The lowest BCUT2D eigenvalue weighted by atomic mass is 10.1. The van der Waals surface area contributed by atoms with E-state index in [0.29, 0.717) is 9.37 Å². The number of hydrogen-bond acceptors (Lipinski definition) is 3. The first kappa shape index (κ1) is 3.51. The Hall–Kier alpha value is -0.610. The van der Waals surface area contributed by atoms with Crippen LogP contribution in [0.1, 0.15) is 11.0 Å². The Morgan fingerprint density at radius 3 is 3.31 bits per heavy atom. The van der Waals surface area contributed by atoms with Crippen LogP contribution in [0.3, 0.4) is 0 Å². The van der Waals surface area contributed by atoms with Crippen LogP contribution in [0, 0.1) is 0 Å². The summed E-state index contributed by atoms with van der Waals surface area (Å²) in [6.45, 7) is -5.41. The molecule has 0 spiro atoms. The number of halogens is 1. The van der Waals surface area contributed by atoms with Gasteiger partial charge in [0, 0.05) is 30.7 Å². The Balaban J connectivity index is 2.42. The summed E-state index contributed by atoms with van der Waals surface area (Å²) in [4.78, 5) is 4.46. The molecule has 3 nitrogen and oxygen atoms in total. The van der Waals surface area contributed by atoms with Crippen molar-refractivity contribution in [3.8, 4) is 0 Å². The molecule has 0 aromatic carbocycles. The van der Waals surface area contributed by atoms with Crippen molar-refractivity contribution < 1.29 is 15.7 Å². The van der Waals surface area contributed by atoms with Crippen molar-refractivity contribution in [3.63, 3.8) is 0 Å². The molecular weight excluding hydrogens is 232 g/mol. The fourth-order valence-electron chi connectivity index (χ4n) is 0.864. The molecule has 0 saturated carbocycles. The molecular formula is C9H11BrN2O. The SMILES string of the molecule is [2H]C([2H])([2H])OC1([2H])C([2H])([2H])N(c2ccc(Br)cn2)C1([2H])[2H]. The molecule has 1 aliphatic rings. The quantitative estimate of drug-likeness (QED) is 0.799. The van der Waals surface area contributed by atoms with Gasteiger partial charge in [-0.05, 0) is 28.1 Å². The van der Waals surface area contributed by atoms with Gasteiger partial charge < -0.3 is 9.64 Å². The van der Waals surface area contributed by atoms with Crippen molar-refractivity contribution in [1.82, 2.24) is 4.98 Å². The number of pyridine rings is 1. The largest absolute Gasteiger partial charge is 0.378 e. The highest BCUT2D eigenvalue weighted by Crippen LogP contribution is 2.20. The lowest BCUT2D eigenvalue weighted by Crippen LogP contribution is -2.52. The number of nitrogens with zero attached hydrogens (tertiary/aromatic N) is 2. The summed E-state index contributed by atoms with van der Waals surface area (Å²) < 4.78 is 65.2. The first-order valence-electron chi connectivity index (χ1n) is 7.45. The molecule has 1 aromatic heterocycles. The Bertz CT molecular complexity index is 530. The Kier molecular flexibility index (Phi) is 0.983. The van der Waals surface area contributed by atoms with Gasteiger partial charge in [-0.1, -0.05) is 0 Å². The Labute approximate surface area is 97.1 Å².